The highest BCUT2D eigenvalue weighted by molar-refractivity contribution is 5.94. The molecule has 1 fully saturated rings. The Morgan fingerprint density at radius 1 is 1.36 bits per heavy atom. The Morgan fingerprint density at radius 3 is 3.00 bits per heavy atom. The van der Waals surface area contributed by atoms with E-state index in [9.17, 15) is 4.79 Å². The van der Waals surface area contributed by atoms with E-state index in [1.165, 1.54) is 18.7 Å². The molecule has 1 aliphatic carbocycles. The van der Waals surface area contributed by atoms with Crippen LogP contribution in [0, 0.1) is 0 Å². The van der Waals surface area contributed by atoms with E-state index in [0.717, 1.165) is 37.1 Å². The van der Waals surface area contributed by atoms with Crippen molar-refractivity contribution in [3.8, 4) is 0 Å². The van der Waals surface area contributed by atoms with Gasteiger partial charge < -0.3 is 15.2 Å². The summed E-state index contributed by atoms with van der Waals surface area (Å²) in [5, 5.41) is 6.58. The van der Waals surface area contributed by atoms with Crippen molar-refractivity contribution in [2.75, 3.05) is 6.54 Å². The molecule has 1 aromatic carbocycles. The molecule has 5 nitrogen and oxygen atoms in total. The van der Waals surface area contributed by atoms with Crippen LogP contribution in [-0.4, -0.2) is 28.0 Å². The lowest BCUT2D eigenvalue weighted by atomic mass is 10.1. The molecule has 2 aromatic rings. The van der Waals surface area contributed by atoms with Crippen molar-refractivity contribution in [2.24, 2.45) is 7.05 Å². The second-order valence-corrected chi connectivity index (χ2v) is 6.94. The minimum Gasteiger partial charge on any atom is -0.352 e. The van der Waals surface area contributed by atoms with E-state index in [1.54, 1.807) is 0 Å². The van der Waals surface area contributed by atoms with Crippen LogP contribution in [0.1, 0.15) is 60.3 Å². The Morgan fingerprint density at radius 2 is 2.24 bits per heavy atom. The highest BCUT2D eigenvalue weighted by atomic mass is 16.1. The number of amides is 1. The SMILES string of the molecule is CCCNC(=O)c1cccc(CN[C@@H]2CC[C@@H](c3nccn3C)C2)c1. The third-order valence-corrected chi connectivity index (χ3v) is 4.98. The van der Waals surface area contributed by atoms with Gasteiger partial charge in [-0.1, -0.05) is 19.1 Å². The molecule has 2 N–H and O–H groups in total. The molecule has 0 aliphatic heterocycles. The van der Waals surface area contributed by atoms with E-state index < -0.39 is 0 Å². The molecule has 134 valence electrons. The Hall–Kier alpha value is -2.14. The van der Waals surface area contributed by atoms with E-state index in [-0.39, 0.29) is 5.91 Å². The van der Waals surface area contributed by atoms with Crippen molar-refractivity contribution in [3.05, 3.63) is 53.6 Å². The lowest BCUT2D eigenvalue weighted by Gasteiger charge is -2.14. The lowest BCUT2D eigenvalue weighted by Crippen LogP contribution is -2.27. The molecule has 0 unspecified atom stereocenters. The highest BCUT2D eigenvalue weighted by Gasteiger charge is 2.27. The second kappa shape index (κ2) is 8.30. The Bertz CT molecular complexity index is 709. The summed E-state index contributed by atoms with van der Waals surface area (Å²) in [6, 6.07) is 8.42. The van der Waals surface area contributed by atoms with Gasteiger partial charge in [0.25, 0.3) is 5.91 Å². The van der Waals surface area contributed by atoms with Gasteiger partial charge >= 0.3 is 0 Å². The number of hydrogen-bond donors (Lipinski definition) is 2. The van der Waals surface area contributed by atoms with Crippen molar-refractivity contribution in [3.63, 3.8) is 0 Å². The van der Waals surface area contributed by atoms with Crippen LogP contribution in [0.5, 0.6) is 0 Å². The molecule has 0 radical (unpaired) electrons. The first-order chi connectivity index (χ1) is 12.2. The van der Waals surface area contributed by atoms with Crippen LogP contribution in [-0.2, 0) is 13.6 Å². The van der Waals surface area contributed by atoms with Crippen LogP contribution in [0.15, 0.2) is 36.7 Å². The summed E-state index contributed by atoms with van der Waals surface area (Å²) in [5.74, 6) is 1.75. The fourth-order valence-electron chi connectivity index (χ4n) is 3.60. The molecule has 25 heavy (non-hydrogen) atoms. The topological polar surface area (TPSA) is 59.0 Å². The molecular weight excluding hydrogens is 312 g/mol. The first-order valence-corrected chi connectivity index (χ1v) is 9.25. The molecule has 3 rings (SSSR count). The molecule has 0 bridgehead atoms. The Kier molecular flexibility index (Phi) is 5.87. The van der Waals surface area contributed by atoms with Gasteiger partial charge in [-0.3, -0.25) is 4.79 Å². The normalized spacial score (nSPS) is 19.9. The van der Waals surface area contributed by atoms with Gasteiger partial charge in [-0.25, -0.2) is 4.98 Å². The van der Waals surface area contributed by atoms with E-state index in [1.807, 2.05) is 30.6 Å². The molecule has 1 aromatic heterocycles. The molecule has 1 saturated carbocycles. The van der Waals surface area contributed by atoms with Gasteiger partial charge in [0.1, 0.15) is 5.82 Å². The van der Waals surface area contributed by atoms with Gasteiger partial charge in [0.05, 0.1) is 0 Å². The number of benzene rings is 1. The van der Waals surface area contributed by atoms with Crippen LogP contribution < -0.4 is 10.6 Å². The molecule has 0 saturated heterocycles. The minimum atomic E-state index is 0.0133. The summed E-state index contributed by atoms with van der Waals surface area (Å²) in [4.78, 5) is 16.6. The molecular formula is C20H28N4O. The van der Waals surface area contributed by atoms with Crippen molar-refractivity contribution in [2.45, 2.75) is 51.1 Å². The summed E-state index contributed by atoms with van der Waals surface area (Å²) < 4.78 is 2.13. The fourth-order valence-corrected chi connectivity index (χ4v) is 3.60. The number of aryl methyl sites for hydroxylation is 1. The van der Waals surface area contributed by atoms with Crippen LogP contribution in [0.2, 0.25) is 0 Å². The van der Waals surface area contributed by atoms with Crippen molar-refractivity contribution < 1.29 is 4.79 Å². The number of nitrogens with zero attached hydrogens (tertiary/aromatic N) is 2. The third-order valence-electron chi connectivity index (χ3n) is 4.98. The highest BCUT2D eigenvalue weighted by Crippen LogP contribution is 2.33. The fraction of sp³-hybridized carbons (Fsp3) is 0.500. The quantitative estimate of drug-likeness (QED) is 0.815. The predicted octanol–water partition coefficient (Wildman–Crippen LogP) is 2.99. The zero-order valence-corrected chi connectivity index (χ0v) is 15.2. The van der Waals surface area contributed by atoms with Crippen LogP contribution in [0.25, 0.3) is 0 Å². The van der Waals surface area contributed by atoms with Gasteiger partial charge in [0.2, 0.25) is 0 Å². The summed E-state index contributed by atoms with van der Waals surface area (Å²) in [6.07, 6.45) is 8.33. The number of aromatic nitrogens is 2. The van der Waals surface area contributed by atoms with Gasteiger partial charge in [0.15, 0.2) is 0 Å². The van der Waals surface area contributed by atoms with Gasteiger partial charge in [-0.05, 0) is 43.4 Å². The molecule has 0 spiro atoms. The standard InChI is InChI=1S/C20H28N4O/c1-3-9-22-20(25)17-6-4-5-15(12-17)14-23-18-8-7-16(13-18)19-21-10-11-24(19)2/h4-6,10-12,16,18,23H,3,7-9,13-14H2,1-2H3,(H,22,25)/t16-,18-/m1/s1. The van der Waals surface area contributed by atoms with Gasteiger partial charge in [0, 0.05) is 50.1 Å². The molecule has 1 amide bonds. The molecule has 2 atom stereocenters. The third kappa shape index (κ3) is 4.48. The monoisotopic (exact) mass is 340 g/mol. The maximum Gasteiger partial charge on any atom is 0.251 e. The van der Waals surface area contributed by atoms with Crippen molar-refractivity contribution in [1.82, 2.24) is 20.2 Å². The van der Waals surface area contributed by atoms with Gasteiger partial charge in [-0.2, -0.15) is 0 Å². The largest absolute Gasteiger partial charge is 0.352 e. The number of carbonyl (C=O) groups excluding carboxylic acids is 1. The summed E-state index contributed by atoms with van der Waals surface area (Å²) in [5.41, 5.74) is 1.90. The molecule has 1 heterocycles. The Balaban J connectivity index is 1.52. The zero-order chi connectivity index (χ0) is 17.6. The zero-order valence-electron chi connectivity index (χ0n) is 15.2. The minimum absolute atomic E-state index is 0.0133. The maximum atomic E-state index is 12.1. The van der Waals surface area contributed by atoms with Gasteiger partial charge in [-0.15, -0.1) is 0 Å². The average molecular weight is 340 g/mol. The first kappa shape index (κ1) is 17.7. The number of imidazole rings is 1. The number of carbonyl (C=O) groups is 1. The first-order valence-electron chi connectivity index (χ1n) is 9.25. The molecule has 5 heteroatoms. The Labute approximate surface area is 149 Å². The lowest BCUT2D eigenvalue weighted by molar-refractivity contribution is 0.0953. The van der Waals surface area contributed by atoms with Crippen LogP contribution in [0.4, 0.5) is 0 Å². The van der Waals surface area contributed by atoms with E-state index >= 15 is 0 Å². The van der Waals surface area contributed by atoms with Crippen LogP contribution >= 0.6 is 0 Å². The van der Waals surface area contributed by atoms with E-state index in [0.29, 0.717) is 12.0 Å². The number of hydrogen-bond acceptors (Lipinski definition) is 3. The average Bonchev–Trinajstić information content (AvgIpc) is 3.26. The van der Waals surface area contributed by atoms with Crippen LogP contribution in [0.3, 0.4) is 0 Å². The smallest absolute Gasteiger partial charge is 0.251 e. The van der Waals surface area contributed by atoms with Crippen molar-refractivity contribution in [1.29, 1.82) is 0 Å². The van der Waals surface area contributed by atoms with E-state index in [4.69, 9.17) is 0 Å². The van der Waals surface area contributed by atoms with Crippen molar-refractivity contribution >= 4 is 5.91 Å². The second-order valence-electron chi connectivity index (χ2n) is 6.94. The summed E-state index contributed by atoms with van der Waals surface area (Å²) in [7, 11) is 2.07. The summed E-state index contributed by atoms with van der Waals surface area (Å²) in [6.45, 7) is 3.57. The number of rotatable bonds is 7. The molecule has 1 aliphatic rings. The predicted molar refractivity (Wildman–Crippen MR) is 99.5 cm³/mol. The van der Waals surface area contributed by atoms with E-state index in [2.05, 4.69) is 40.2 Å². The maximum absolute atomic E-state index is 12.1. The summed E-state index contributed by atoms with van der Waals surface area (Å²) >= 11 is 0. The number of nitrogens with one attached hydrogen (secondary N) is 2.